The van der Waals surface area contributed by atoms with Gasteiger partial charge in [-0.3, -0.25) is 4.79 Å². The molecule has 1 rings (SSSR count). The molecule has 0 fully saturated rings. The normalized spacial score (nSPS) is 13.0. The molecular formula is C7H9NOS. The number of rotatable bonds is 2. The molecular weight excluding hydrogens is 146 g/mol. The molecule has 1 atom stereocenters. The SMILES string of the molecule is C[C@@H](N)C(=O)c1cccs1. The van der Waals surface area contributed by atoms with Gasteiger partial charge < -0.3 is 5.73 Å². The van der Waals surface area contributed by atoms with E-state index in [1.807, 2.05) is 11.4 Å². The zero-order valence-corrected chi connectivity index (χ0v) is 6.52. The molecule has 0 saturated carbocycles. The van der Waals surface area contributed by atoms with Crippen LogP contribution in [0.5, 0.6) is 0 Å². The molecule has 0 aromatic carbocycles. The Morgan fingerprint density at radius 3 is 2.90 bits per heavy atom. The molecule has 10 heavy (non-hydrogen) atoms. The van der Waals surface area contributed by atoms with Gasteiger partial charge in [0.05, 0.1) is 10.9 Å². The van der Waals surface area contributed by atoms with E-state index in [1.165, 1.54) is 11.3 Å². The number of hydrogen-bond acceptors (Lipinski definition) is 3. The lowest BCUT2D eigenvalue weighted by Gasteiger charge is -1.98. The highest BCUT2D eigenvalue weighted by atomic mass is 32.1. The standard InChI is InChI=1S/C7H9NOS/c1-5(8)7(9)6-3-2-4-10-6/h2-5H,8H2,1H3/t5-/m1/s1. The topological polar surface area (TPSA) is 43.1 Å². The molecule has 0 aliphatic rings. The van der Waals surface area contributed by atoms with Crippen molar-refractivity contribution in [2.24, 2.45) is 5.73 Å². The van der Waals surface area contributed by atoms with E-state index in [-0.39, 0.29) is 11.8 Å². The Bertz CT molecular complexity index is 216. The molecule has 1 aromatic rings. The van der Waals surface area contributed by atoms with Gasteiger partial charge in [0, 0.05) is 0 Å². The van der Waals surface area contributed by atoms with Crippen LogP contribution in [0.4, 0.5) is 0 Å². The third-order valence-electron chi connectivity index (χ3n) is 1.18. The lowest BCUT2D eigenvalue weighted by molar-refractivity contribution is 0.0972. The maximum Gasteiger partial charge on any atom is 0.189 e. The second kappa shape index (κ2) is 2.94. The van der Waals surface area contributed by atoms with E-state index in [4.69, 9.17) is 5.73 Å². The van der Waals surface area contributed by atoms with Crippen LogP contribution in [0.25, 0.3) is 0 Å². The van der Waals surface area contributed by atoms with Gasteiger partial charge in [0.25, 0.3) is 0 Å². The fraction of sp³-hybridized carbons (Fsp3) is 0.286. The number of Topliss-reactive ketones (excluding diaryl/α,β-unsaturated/α-hetero) is 1. The van der Waals surface area contributed by atoms with Crippen molar-refractivity contribution in [2.45, 2.75) is 13.0 Å². The molecule has 1 aromatic heterocycles. The van der Waals surface area contributed by atoms with Gasteiger partial charge >= 0.3 is 0 Å². The summed E-state index contributed by atoms with van der Waals surface area (Å²) in [7, 11) is 0. The smallest absolute Gasteiger partial charge is 0.189 e. The minimum Gasteiger partial charge on any atom is -0.321 e. The fourth-order valence-corrected chi connectivity index (χ4v) is 1.41. The predicted octanol–water partition coefficient (Wildman–Crippen LogP) is 1.28. The molecule has 0 aliphatic carbocycles. The molecule has 2 N–H and O–H groups in total. The van der Waals surface area contributed by atoms with Gasteiger partial charge in [0.15, 0.2) is 5.78 Å². The highest BCUT2D eigenvalue weighted by Crippen LogP contribution is 2.09. The van der Waals surface area contributed by atoms with Crippen molar-refractivity contribution in [3.8, 4) is 0 Å². The van der Waals surface area contributed by atoms with Gasteiger partial charge in [0.1, 0.15) is 0 Å². The van der Waals surface area contributed by atoms with Gasteiger partial charge in [-0.1, -0.05) is 6.07 Å². The van der Waals surface area contributed by atoms with Crippen LogP contribution in [0.15, 0.2) is 17.5 Å². The monoisotopic (exact) mass is 155 g/mol. The Hall–Kier alpha value is -0.670. The van der Waals surface area contributed by atoms with Crippen LogP contribution in [0.1, 0.15) is 16.6 Å². The number of nitrogens with two attached hydrogens (primary N) is 1. The Kier molecular flexibility index (Phi) is 2.19. The summed E-state index contributed by atoms with van der Waals surface area (Å²) in [5.74, 6) is 0.0231. The van der Waals surface area contributed by atoms with E-state index in [9.17, 15) is 4.79 Å². The molecule has 0 saturated heterocycles. The summed E-state index contributed by atoms with van der Waals surface area (Å²) in [4.78, 5) is 11.8. The van der Waals surface area contributed by atoms with Crippen molar-refractivity contribution in [3.63, 3.8) is 0 Å². The summed E-state index contributed by atoms with van der Waals surface area (Å²) < 4.78 is 0. The summed E-state index contributed by atoms with van der Waals surface area (Å²) in [6, 6.07) is 3.26. The van der Waals surface area contributed by atoms with Crippen molar-refractivity contribution in [3.05, 3.63) is 22.4 Å². The average Bonchev–Trinajstić information content (AvgIpc) is 2.36. The van der Waals surface area contributed by atoms with Crippen LogP contribution in [-0.4, -0.2) is 11.8 Å². The Morgan fingerprint density at radius 2 is 2.50 bits per heavy atom. The largest absolute Gasteiger partial charge is 0.321 e. The zero-order valence-electron chi connectivity index (χ0n) is 5.70. The molecule has 2 nitrogen and oxygen atoms in total. The van der Waals surface area contributed by atoms with Crippen molar-refractivity contribution >= 4 is 17.1 Å². The van der Waals surface area contributed by atoms with E-state index in [1.54, 1.807) is 13.0 Å². The highest BCUT2D eigenvalue weighted by Gasteiger charge is 2.10. The van der Waals surface area contributed by atoms with Gasteiger partial charge in [-0.15, -0.1) is 11.3 Å². The molecule has 3 heteroatoms. The van der Waals surface area contributed by atoms with Crippen molar-refractivity contribution in [2.75, 3.05) is 0 Å². The third-order valence-corrected chi connectivity index (χ3v) is 2.06. The fourth-order valence-electron chi connectivity index (χ4n) is 0.643. The summed E-state index contributed by atoms with van der Waals surface area (Å²) >= 11 is 1.43. The predicted molar refractivity (Wildman–Crippen MR) is 42.3 cm³/mol. The molecule has 0 radical (unpaired) electrons. The number of carbonyl (C=O) groups excluding carboxylic acids is 1. The first-order valence-electron chi connectivity index (χ1n) is 3.05. The first kappa shape index (κ1) is 7.44. The summed E-state index contributed by atoms with van der Waals surface area (Å²) in [5.41, 5.74) is 5.38. The molecule has 1 heterocycles. The van der Waals surface area contributed by atoms with Crippen LogP contribution in [0, 0.1) is 0 Å². The van der Waals surface area contributed by atoms with Crippen molar-refractivity contribution < 1.29 is 4.79 Å². The van der Waals surface area contributed by atoms with Crippen LogP contribution in [0.2, 0.25) is 0 Å². The van der Waals surface area contributed by atoms with Crippen molar-refractivity contribution in [1.29, 1.82) is 0 Å². The number of ketones is 1. The Labute approximate surface area is 63.7 Å². The minimum absolute atomic E-state index is 0.0231. The van der Waals surface area contributed by atoms with E-state index < -0.39 is 0 Å². The van der Waals surface area contributed by atoms with Crippen LogP contribution < -0.4 is 5.73 Å². The van der Waals surface area contributed by atoms with Crippen LogP contribution >= 0.6 is 11.3 Å². The summed E-state index contributed by atoms with van der Waals surface area (Å²) in [5, 5.41) is 1.87. The first-order chi connectivity index (χ1) is 4.72. The lowest BCUT2D eigenvalue weighted by atomic mass is 10.2. The lowest BCUT2D eigenvalue weighted by Crippen LogP contribution is -2.25. The Morgan fingerprint density at radius 1 is 1.80 bits per heavy atom. The second-order valence-electron chi connectivity index (χ2n) is 2.13. The molecule has 0 bridgehead atoms. The maximum absolute atomic E-state index is 11.1. The molecule has 0 spiro atoms. The molecule has 0 aliphatic heterocycles. The van der Waals surface area contributed by atoms with E-state index >= 15 is 0 Å². The van der Waals surface area contributed by atoms with Gasteiger partial charge in [-0.2, -0.15) is 0 Å². The number of thiophene rings is 1. The van der Waals surface area contributed by atoms with E-state index in [0.717, 1.165) is 4.88 Å². The average molecular weight is 155 g/mol. The first-order valence-corrected chi connectivity index (χ1v) is 3.93. The van der Waals surface area contributed by atoms with Gasteiger partial charge in [-0.25, -0.2) is 0 Å². The molecule has 0 amide bonds. The van der Waals surface area contributed by atoms with E-state index in [0.29, 0.717) is 0 Å². The molecule has 0 unspecified atom stereocenters. The molecule has 54 valence electrons. The summed E-state index contributed by atoms with van der Waals surface area (Å²) in [6.07, 6.45) is 0. The van der Waals surface area contributed by atoms with Gasteiger partial charge in [0.2, 0.25) is 0 Å². The number of carbonyl (C=O) groups is 1. The summed E-state index contributed by atoms with van der Waals surface area (Å²) in [6.45, 7) is 1.70. The quantitative estimate of drug-likeness (QED) is 0.654. The minimum atomic E-state index is -0.376. The Balaban J connectivity index is 2.78. The third kappa shape index (κ3) is 1.43. The van der Waals surface area contributed by atoms with Crippen LogP contribution in [0.3, 0.4) is 0 Å². The van der Waals surface area contributed by atoms with Crippen molar-refractivity contribution in [1.82, 2.24) is 0 Å². The zero-order chi connectivity index (χ0) is 7.56. The highest BCUT2D eigenvalue weighted by molar-refractivity contribution is 7.12. The maximum atomic E-state index is 11.1. The van der Waals surface area contributed by atoms with Crippen LogP contribution in [-0.2, 0) is 0 Å². The van der Waals surface area contributed by atoms with Gasteiger partial charge in [-0.05, 0) is 18.4 Å². The van der Waals surface area contributed by atoms with E-state index in [2.05, 4.69) is 0 Å². The second-order valence-corrected chi connectivity index (χ2v) is 3.08. The number of hydrogen-bond donors (Lipinski definition) is 1.